The van der Waals surface area contributed by atoms with Crippen LogP contribution in [-0.4, -0.2) is 40.4 Å². The van der Waals surface area contributed by atoms with Gasteiger partial charge in [-0.1, -0.05) is 32.0 Å². The average molecular weight is 516 g/mol. The molecule has 1 unspecified atom stereocenters. The Balaban J connectivity index is 1.47. The van der Waals surface area contributed by atoms with Crippen molar-refractivity contribution in [1.82, 2.24) is 4.90 Å². The van der Waals surface area contributed by atoms with Crippen LogP contribution in [0.25, 0.3) is 0 Å². The summed E-state index contributed by atoms with van der Waals surface area (Å²) in [5, 5.41) is 11.1. The van der Waals surface area contributed by atoms with E-state index in [4.69, 9.17) is 9.47 Å². The zero-order valence-corrected chi connectivity index (χ0v) is 20.8. The third-order valence-electron chi connectivity index (χ3n) is 6.69. The third kappa shape index (κ3) is 4.68. The molecular weight excluding hydrogens is 490 g/mol. The van der Waals surface area contributed by atoms with Crippen molar-refractivity contribution in [2.24, 2.45) is 0 Å². The van der Waals surface area contributed by atoms with Crippen LogP contribution in [0.15, 0.2) is 66.7 Å². The molecule has 0 spiro atoms. The molecule has 0 aliphatic carbocycles. The van der Waals surface area contributed by atoms with Crippen LogP contribution in [0.2, 0.25) is 0 Å². The van der Waals surface area contributed by atoms with Crippen LogP contribution in [0.1, 0.15) is 47.7 Å². The van der Waals surface area contributed by atoms with Gasteiger partial charge in [-0.3, -0.25) is 24.5 Å². The van der Waals surface area contributed by atoms with Crippen LogP contribution < -0.4 is 14.4 Å². The Labute approximate surface area is 218 Å². The molecule has 5 rings (SSSR count). The van der Waals surface area contributed by atoms with Crippen molar-refractivity contribution < 1.29 is 28.8 Å². The number of carbonyl (C=O) groups is 3. The first kappa shape index (κ1) is 24.9. The number of benzene rings is 3. The molecule has 2 heterocycles. The highest BCUT2D eigenvalue weighted by atomic mass is 16.7. The summed E-state index contributed by atoms with van der Waals surface area (Å²) in [5.74, 6) is -0.0668. The highest BCUT2D eigenvalue weighted by Crippen LogP contribution is 2.34. The summed E-state index contributed by atoms with van der Waals surface area (Å²) in [6.07, 6.45) is -0.186. The second kappa shape index (κ2) is 9.97. The molecule has 2 aliphatic rings. The van der Waals surface area contributed by atoms with Gasteiger partial charge in [0.2, 0.25) is 12.7 Å². The van der Waals surface area contributed by atoms with Gasteiger partial charge < -0.3 is 14.4 Å². The second-order valence-corrected chi connectivity index (χ2v) is 9.46. The lowest BCUT2D eigenvalue weighted by Gasteiger charge is -2.28. The van der Waals surface area contributed by atoms with Crippen LogP contribution in [0.5, 0.6) is 11.5 Å². The van der Waals surface area contributed by atoms with Gasteiger partial charge in [0.15, 0.2) is 11.5 Å². The Morgan fingerprint density at radius 1 is 1.03 bits per heavy atom. The van der Waals surface area contributed by atoms with E-state index in [9.17, 15) is 24.5 Å². The molecule has 1 saturated heterocycles. The van der Waals surface area contributed by atoms with E-state index in [-0.39, 0.29) is 31.0 Å². The van der Waals surface area contributed by atoms with E-state index in [1.807, 2.05) is 12.1 Å². The highest BCUT2D eigenvalue weighted by molar-refractivity contribution is 6.23. The van der Waals surface area contributed by atoms with Crippen LogP contribution in [0, 0.1) is 10.1 Å². The molecule has 10 nitrogen and oxygen atoms in total. The minimum absolute atomic E-state index is 0.0102. The molecule has 3 amide bonds. The SMILES string of the molecule is CC(C)c1ccc(N2C(=O)CC(N(Cc3ccc4c(c3)OCO4)C(=O)c3ccc([N+](=O)[O-])cc3)C2=O)cc1. The largest absolute Gasteiger partial charge is 0.454 e. The number of amides is 3. The highest BCUT2D eigenvalue weighted by Gasteiger charge is 2.44. The van der Waals surface area contributed by atoms with Gasteiger partial charge in [0.05, 0.1) is 17.0 Å². The number of hydrogen-bond donors (Lipinski definition) is 0. The molecule has 0 aromatic heterocycles. The molecular formula is C28H25N3O7. The number of nitrogens with zero attached hydrogens (tertiary/aromatic N) is 3. The van der Waals surface area contributed by atoms with E-state index < -0.39 is 28.7 Å². The van der Waals surface area contributed by atoms with E-state index in [0.717, 1.165) is 10.5 Å². The lowest BCUT2D eigenvalue weighted by molar-refractivity contribution is -0.384. The maximum absolute atomic E-state index is 13.7. The molecule has 3 aromatic rings. The second-order valence-electron chi connectivity index (χ2n) is 9.46. The molecule has 0 N–H and O–H groups in total. The Kier molecular flexibility index (Phi) is 6.54. The minimum Gasteiger partial charge on any atom is -0.454 e. The van der Waals surface area contributed by atoms with Crippen LogP contribution >= 0.6 is 0 Å². The predicted octanol–water partition coefficient (Wildman–Crippen LogP) is 4.42. The van der Waals surface area contributed by atoms with E-state index in [1.165, 1.54) is 29.2 Å². The average Bonchev–Trinajstić information content (AvgIpc) is 3.50. The lowest BCUT2D eigenvalue weighted by Crippen LogP contribution is -2.45. The van der Waals surface area contributed by atoms with Crippen molar-refractivity contribution in [2.75, 3.05) is 11.7 Å². The number of nitro benzene ring substituents is 1. The molecule has 2 aliphatic heterocycles. The van der Waals surface area contributed by atoms with Gasteiger partial charge in [-0.2, -0.15) is 0 Å². The molecule has 1 atom stereocenters. The molecule has 0 bridgehead atoms. The fourth-order valence-electron chi connectivity index (χ4n) is 4.59. The lowest BCUT2D eigenvalue weighted by atomic mass is 10.0. The van der Waals surface area contributed by atoms with Crippen LogP contribution in [0.3, 0.4) is 0 Å². The summed E-state index contributed by atoms with van der Waals surface area (Å²) in [6, 6.07) is 16.5. The van der Waals surface area contributed by atoms with Gasteiger partial charge in [-0.05, 0) is 53.4 Å². The summed E-state index contributed by atoms with van der Waals surface area (Å²) in [5.41, 5.74) is 2.19. The van der Waals surface area contributed by atoms with Crippen molar-refractivity contribution in [3.8, 4) is 11.5 Å². The maximum atomic E-state index is 13.7. The zero-order valence-electron chi connectivity index (χ0n) is 20.8. The summed E-state index contributed by atoms with van der Waals surface area (Å²) in [4.78, 5) is 53.3. The van der Waals surface area contributed by atoms with Gasteiger partial charge in [-0.15, -0.1) is 0 Å². The Morgan fingerprint density at radius 2 is 1.71 bits per heavy atom. The van der Waals surface area contributed by atoms with E-state index in [0.29, 0.717) is 28.7 Å². The summed E-state index contributed by atoms with van der Waals surface area (Å²) in [7, 11) is 0. The number of rotatable bonds is 7. The topological polar surface area (TPSA) is 119 Å². The quantitative estimate of drug-likeness (QED) is 0.260. The van der Waals surface area contributed by atoms with E-state index >= 15 is 0 Å². The van der Waals surface area contributed by atoms with E-state index in [1.54, 1.807) is 30.3 Å². The van der Waals surface area contributed by atoms with E-state index in [2.05, 4.69) is 13.8 Å². The predicted molar refractivity (Wildman–Crippen MR) is 137 cm³/mol. The number of non-ortho nitro benzene ring substituents is 1. The zero-order chi connectivity index (χ0) is 27.0. The molecule has 10 heteroatoms. The van der Waals surface area contributed by atoms with Gasteiger partial charge >= 0.3 is 0 Å². The fraction of sp³-hybridized carbons (Fsp3) is 0.250. The molecule has 194 valence electrons. The number of fused-ring (bicyclic) bond motifs is 1. The Hall–Kier alpha value is -4.73. The standard InChI is InChI=1S/C28H25N3O7/c1-17(2)19-4-8-21(9-5-19)30-26(32)14-23(28(30)34)29(15-18-3-12-24-25(13-18)38-16-37-24)27(33)20-6-10-22(11-7-20)31(35)36/h3-13,17,23H,14-16H2,1-2H3. The van der Waals surface area contributed by atoms with Crippen molar-refractivity contribution in [2.45, 2.75) is 38.8 Å². The number of carbonyl (C=O) groups excluding carboxylic acids is 3. The van der Waals surface area contributed by atoms with Crippen molar-refractivity contribution in [3.05, 3.63) is 93.5 Å². The number of ether oxygens (including phenoxy) is 2. The Morgan fingerprint density at radius 3 is 2.37 bits per heavy atom. The smallest absolute Gasteiger partial charge is 0.269 e. The first-order chi connectivity index (χ1) is 18.2. The van der Waals surface area contributed by atoms with Gasteiger partial charge in [0, 0.05) is 24.2 Å². The van der Waals surface area contributed by atoms with Gasteiger partial charge in [0.1, 0.15) is 6.04 Å². The third-order valence-corrected chi connectivity index (χ3v) is 6.69. The number of nitro groups is 1. The summed E-state index contributed by atoms with van der Waals surface area (Å²) >= 11 is 0. The van der Waals surface area contributed by atoms with Crippen LogP contribution in [-0.2, 0) is 16.1 Å². The first-order valence-electron chi connectivity index (χ1n) is 12.1. The summed E-state index contributed by atoms with van der Waals surface area (Å²) in [6.45, 7) is 4.20. The van der Waals surface area contributed by atoms with Crippen molar-refractivity contribution >= 4 is 29.1 Å². The maximum Gasteiger partial charge on any atom is 0.269 e. The first-order valence-corrected chi connectivity index (χ1v) is 12.1. The summed E-state index contributed by atoms with van der Waals surface area (Å²) < 4.78 is 10.8. The number of anilines is 1. The van der Waals surface area contributed by atoms with Crippen molar-refractivity contribution in [3.63, 3.8) is 0 Å². The van der Waals surface area contributed by atoms with Crippen molar-refractivity contribution in [1.29, 1.82) is 0 Å². The van der Waals surface area contributed by atoms with Gasteiger partial charge in [-0.25, -0.2) is 4.90 Å². The normalized spacial score (nSPS) is 16.3. The molecule has 1 fully saturated rings. The Bertz CT molecular complexity index is 1420. The monoisotopic (exact) mass is 515 g/mol. The van der Waals surface area contributed by atoms with Crippen LogP contribution in [0.4, 0.5) is 11.4 Å². The molecule has 38 heavy (non-hydrogen) atoms. The minimum atomic E-state index is -1.06. The fourth-order valence-corrected chi connectivity index (χ4v) is 4.59. The number of imide groups is 1. The molecule has 3 aromatic carbocycles. The molecule has 0 radical (unpaired) electrons. The number of hydrogen-bond acceptors (Lipinski definition) is 7. The molecule has 0 saturated carbocycles. The van der Waals surface area contributed by atoms with Gasteiger partial charge in [0.25, 0.3) is 17.5 Å².